The third-order valence-electron chi connectivity index (χ3n) is 3.43. The van der Waals surface area contributed by atoms with Gasteiger partial charge in [0.1, 0.15) is 12.2 Å². The Morgan fingerprint density at radius 3 is 2.70 bits per heavy atom. The summed E-state index contributed by atoms with van der Waals surface area (Å²) in [5.74, 6) is 0.133. The first-order valence-electron chi connectivity index (χ1n) is 8.41. The molecule has 27 heavy (non-hydrogen) atoms. The predicted octanol–water partition coefficient (Wildman–Crippen LogP) is 3.31. The highest BCUT2D eigenvalue weighted by Gasteiger charge is 2.34. The number of thiazole rings is 1. The average Bonchev–Trinajstić information content (AvgIpc) is 2.93. The van der Waals surface area contributed by atoms with Crippen molar-refractivity contribution in [3.8, 4) is 5.88 Å². The fourth-order valence-electron chi connectivity index (χ4n) is 2.25. The number of aryl methyl sites for hydroxylation is 2. The van der Waals surface area contributed by atoms with Gasteiger partial charge >= 0.3 is 6.18 Å². The Balaban J connectivity index is 1.90. The lowest BCUT2D eigenvalue weighted by atomic mass is 10.2. The summed E-state index contributed by atoms with van der Waals surface area (Å²) in [5, 5.41) is 7.11. The average molecular weight is 401 g/mol. The second-order valence-corrected chi connectivity index (χ2v) is 6.85. The van der Waals surface area contributed by atoms with E-state index in [4.69, 9.17) is 4.74 Å². The van der Waals surface area contributed by atoms with E-state index >= 15 is 0 Å². The number of hydrogen-bond acceptors (Lipinski definition) is 5. The minimum absolute atomic E-state index is 0.0171. The lowest BCUT2D eigenvalue weighted by molar-refractivity contribution is -0.139. The van der Waals surface area contributed by atoms with Crippen LogP contribution in [0.1, 0.15) is 28.1 Å². The first kappa shape index (κ1) is 20.9. The maximum absolute atomic E-state index is 12.9. The monoisotopic (exact) mass is 401 g/mol. The van der Waals surface area contributed by atoms with Crippen LogP contribution >= 0.6 is 11.3 Å². The van der Waals surface area contributed by atoms with Crippen molar-refractivity contribution in [2.75, 3.05) is 19.7 Å². The van der Waals surface area contributed by atoms with Gasteiger partial charge in [-0.15, -0.1) is 11.3 Å². The van der Waals surface area contributed by atoms with Crippen molar-refractivity contribution < 1.29 is 17.9 Å². The molecule has 0 unspecified atom stereocenters. The molecule has 0 aliphatic rings. The van der Waals surface area contributed by atoms with Crippen molar-refractivity contribution in [1.29, 1.82) is 0 Å². The standard InChI is InChI=1S/C17H22F3N5OS/c1-4-21-16(24-10-14-11(2)25-12(3)27-14)23-8-9-26-15-13(17(18,19)20)6-5-7-22-15/h5-7H,4,8-10H2,1-3H3,(H2,21,23,24). The van der Waals surface area contributed by atoms with E-state index in [-0.39, 0.29) is 13.2 Å². The molecular weight excluding hydrogens is 379 g/mol. The zero-order chi connectivity index (χ0) is 19.9. The van der Waals surface area contributed by atoms with Crippen LogP contribution in [0.3, 0.4) is 0 Å². The summed E-state index contributed by atoms with van der Waals surface area (Å²) in [6.07, 6.45) is -3.24. The normalized spacial score (nSPS) is 12.1. The van der Waals surface area contributed by atoms with Gasteiger partial charge in [-0.25, -0.2) is 15.0 Å². The van der Waals surface area contributed by atoms with E-state index in [0.717, 1.165) is 21.6 Å². The highest BCUT2D eigenvalue weighted by atomic mass is 32.1. The van der Waals surface area contributed by atoms with Gasteiger partial charge in [-0.05, 0) is 32.9 Å². The molecule has 6 nitrogen and oxygen atoms in total. The van der Waals surface area contributed by atoms with Gasteiger partial charge in [0, 0.05) is 17.6 Å². The van der Waals surface area contributed by atoms with Gasteiger partial charge in [0.2, 0.25) is 5.88 Å². The summed E-state index contributed by atoms with van der Waals surface area (Å²) in [4.78, 5) is 13.6. The number of aliphatic imine (C=N–C) groups is 1. The number of halogens is 3. The molecule has 2 rings (SSSR count). The van der Waals surface area contributed by atoms with Crippen molar-refractivity contribution >= 4 is 17.3 Å². The van der Waals surface area contributed by atoms with E-state index in [9.17, 15) is 13.2 Å². The maximum atomic E-state index is 12.9. The fourth-order valence-corrected chi connectivity index (χ4v) is 3.11. The van der Waals surface area contributed by atoms with Crippen LogP contribution in [-0.2, 0) is 12.7 Å². The molecule has 0 aliphatic heterocycles. The molecule has 0 aromatic carbocycles. The lowest BCUT2D eigenvalue weighted by Crippen LogP contribution is -2.39. The molecule has 0 radical (unpaired) electrons. The third kappa shape index (κ3) is 6.38. The molecule has 0 bridgehead atoms. The molecule has 0 amide bonds. The van der Waals surface area contributed by atoms with Gasteiger partial charge < -0.3 is 15.4 Å². The van der Waals surface area contributed by atoms with Crippen molar-refractivity contribution in [2.24, 2.45) is 4.99 Å². The molecule has 2 N–H and O–H groups in total. The van der Waals surface area contributed by atoms with Crippen LogP contribution < -0.4 is 15.4 Å². The van der Waals surface area contributed by atoms with E-state index in [1.54, 1.807) is 11.3 Å². The number of pyridine rings is 1. The Hall–Kier alpha value is -2.36. The quantitative estimate of drug-likeness (QED) is 0.423. The first-order valence-corrected chi connectivity index (χ1v) is 9.23. The van der Waals surface area contributed by atoms with Crippen LogP contribution in [-0.4, -0.2) is 35.6 Å². The number of rotatable bonds is 7. The number of nitrogens with zero attached hydrogens (tertiary/aromatic N) is 3. The molecule has 2 aromatic heterocycles. The van der Waals surface area contributed by atoms with Crippen molar-refractivity contribution in [3.63, 3.8) is 0 Å². The Bertz CT molecular complexity index is 776. The summed E-state index contributed by atoms with van der Waals surface area (Å²) in [5.41, 5.74) is 0.0666. The number of aromatic nitrogens is 2. The van der Waals surface area contributed by atoms with E-state index in [2.05, 4.69) is 25.6 Å². The number of hydrogen-bond donors (Lipinski definition) is 2. The second kappa shape index (κ2) is 9.54. The Labute approximate surface area is 159 Å². The molecule has 0 fully saturated rings. The summed E-state index contributed by atoms with van der Waals surface area (Å²) < 4.78 is 43.9. The fraction of sp³-hybridized carbons (Fsp3) is 0.471. The molecule has 10 heteroatoms. The largest absolute Gasteiger partial charge is 0.475 e. The van der Waals surface area contributed by atoms with Gasteiger partial charge in [-0.1, -0.05) is 0 Å². The van der Waals surface area contributed by atoms with Gasteiger partial charge in [-0.3, -0.25) is 0 Å². The number of nitrogens with one attached hydrogen (secondary N) is 2. The summed E-state index contributed by atoms with van der Waals surface area (Å²) in [6, 6.07) is 2.17. The second-order valence-electron chi connectivity index (χ2n) is 5.57. The Morgan fingerprint density at radius 2 is 2.07 bits per heavy atom. The highest BCUT2D eigenvalue weighted by Crippen LogP contribution is 2.34. The Kier molecular flexibility index (Phi) is 7.40. The van der Waals surface area contributed by atoms with E-state index in [1.807, 2.05) is 20.8 Å². The molecule has 0 saturated carbocycles. The molecule has 148 valence electrons. The predicted molar refractivity (Wildman–Crippen MR) is 99.1 cm³/mol. The van der Waals surface area contributed by atoms with Crippen LogP contribution in [0.15, 0.2) is 23.3 Å². The van der Waals surface area contributed by atoms with Crippen LogP contribution in [0.2, 0.25) is 0 Å². The van der Waals surface area contributed by atoms with Crippen LogP contribution in [0.4, 0.5) is 13.2 Å². The van der Waals surface area contributed by atoms with Gasteiger partial charge in [0.15, 0.2) is 5.96 Å². The minimum atomic E-state index is -4.50. The number of ether oxygens (including phenoxy) is 1. The van der Waals surface area contributed by atoms with Gasteiger partial charge in [0.25, 0.3) is 0 Å². The molecular formula is C17H22F3N5OS. The zero-order valence-corrected chi connectivity index (χ0v) is 16.2. The molecule has 2 heterocycles. The maximum Gasteiger partial charge on any atom is 0.421 e. The van der Waals surface area contributed by atoms with Crippen LogP contribution in [0.5, 0.6) is 5.88 Å². The van der Waals surface area contributed by atoms with Gasteiger partial charge in [-0.2, -0.15) is 13.2 Å². The van der Waals surface area contributed by atoms with E-state index in [1.165, 1.54) is 12.3 Å². The molecule has 0 saturated heterocycles. The number of alkyl halides is 3. The van der Waals surface area contributed by atoms with E-state index in [0.29, 0.717) is 19.0 Å². The lowest BCUT2D eigenvalue weighted by Gasteiger charge is -2.14. The van der Waals surface area contributed by atoms with E-state index < -0.39 is 17.6 Å². The van der Waals surface area contributed by atoms with Crippen molar-refractivity contribution in [1.82, 2.24) is 20.6 Å². The zero-order valence-electron chi connectivity index (χ0n) is 15.4. The third-order valence-corrected chi connectivity index (χ3v) is 4.49. The van der Waals surface area contributed by atoms with Crippen molar-refractivity contribution in [3.05, 3.63) is 39.5 Å². The summed E-state index contributed by atoms with van der Waals surface area (Å²) in [7, 11) is 0. The minimum Gasteiger partial charge on any atom is -0.475 e. The van der Waals surface area contributed by atoms with Crippen LogP contribution in [0, 0.1) is 13.8 Å². The number of guanidine groups is 1. The first-order chi connectivity index (χ1) is 12.8. The van der Waals surface area contributed by atoms with Crippen LogP contribution in [0.25, 0.3) is 0 Å². The Morgan fingerprint density at radius 1 is 1.30 bits per heavy atom. The molecule has 0 aliphatic carbocycles. The SMILES string of the molecule is CCNC(=NCc1sc(C)nc1C)NCCOc1ncccc1C(F)(F)F. The summed E-state index contributed by atoms with van der Waals surface area (Å²) in [6.45, 7) is 7.24. The molecule has 0 spiro atoms. The van der Waals surface area contributed by atoms with Crippen molar-refractivity contribution in [2.45, 2.75) is 33.5 Å². The topological polar surface area (TPSA) is 71.4 Å². The molecule has 2 aromatic rings. The highest BCUT2D eigenvalue weighted by molar-refractivity contribution is 7.11. The summed E-state index contributed by atoms with van der Waals surface area (Å²) >= 11 is 1.59. The molecule has 0 atom stereocenters. The smallest absolute Gasteiger partial charge is 0.421 e. The van der Waals surface area contributed by atoms with Gasteiger partial charge in [0.05, 0.1) is 23.8 Å².